The van der Waals surface area contributed by atoms with Gasteiger partial charge in [0.15, 0.2) is 0 Å². The van der Waals surface area contributed by atoms with E-state index < -0.39 is 48.4 Å². The number of alkyl halides is 10. The zero-order valence-corrected chi connectivity index (χ0v) is 10.0. The highest BCUT2D eigenvalue weighted by molar-refractivity contribution is 5.77. The Hall–Kier alpha value is -1.23. The molecule has 126 valence electrons. The minimum absolute atomic E-state index is 0.826. The molecule has 0 bridgehead atoms. The van der Waals surface area contributed by atoms with Crippen molar-refractivity contribution in [3.63, 3.8) is 0 Å². The maximum Gasteiger partial charge on any atom is 0.410 e. The van der Waals surface area contributed by atoms with Gasteiger partial charge in [0.25, 0.3) is 0 Å². The molecular formula is C9H8F10O2. The number of aliphatic carboxylic acids is 1. The number of carboxylic acid groups (broad SMARTS) is 1. The molecule has 0 aromatic heterocycles. The van der Waals surface area contributed by atoms with Crippen molar-refractivity contribution < 1.29 is 53.8 Å². The second-order valence-electron chi connectivity index (χ2n) is 4.06. The number of hydrogen-bond donors (Lipinski definition) is 1. The Bertz CT molecular complexity index is 403. The molecule has 0 aliphatic rings. The minimum atomic E-state index is -7.30. The predicted molar refractivity (Wildman–Crippen MR) is 47.3 cm³/mol. The van der Waals surface area contributed by atoms with Crippen LogP contribution in [0.4, 0.5) is 43.9 Å². The molecule has 0 saturated heterocycles. The zero-order chi connectivity index (χ0) is 17.5. The van der Waals surface area contributed by atoms with Crippen LogP contribution in [0.15, 0.2) is 0 Å². The van der Waals surface area contributed by atoms with Crippen LogP contribution in [-0.2, 0) is 4.79 Å². The summed E-state index contributed by atoms with van der Waals surface area (Å²) in [6, 6.07) is 0. The normalized spacial score (nSPS) is 15.2. The summed E-state index contributed by atoms with van der Waals surface area (Å²) in [7, 11) is 0. The van der Waals surface area contributed by atoms with E-state index in [4.69, 9.17) is 5.11 Å². The fraction of sp³-hybridized carbons (Fsp3) is 0.889. The Balaban J connectivity index is 6.02. The lowest BCUT2D eigenvalue weighted by Gasteiger charge is -2.38. The highest BCUT2D eigenvalue weighted by Gasteiger charge is 2.87. The van der Waals surface area contributed by atoms with Gasteiger partial charge in [-0.3, -0.25) is 0 Å². The number of carbonyl (C=O) groups is 1. The minimum Gasteiger partial charge on any atom is -0.477 e. The molecule has 0 aromatic carbocycles. The average Bonchev–Trinajstić information content (AvgIpc) is 2.27. The summed E-state index contributed by atoms with van der Waals surface area (Å²) in [5.41, 5.74) is 0. The number of carboxylic acids is 1. The Labute approximate surface area is 110 Å². The van der Waals surface area contributed by atoms with Crippen LogP contribution in [0, 0.1) is 0 Å². The largest absolute Gasteiger partial charge is 0.477 e. The van der Waals surface area contributed by atoms with Gasteiger partial charge in [-0.1, -0.05) is 13.3 Å². The van der Waals surface area contributed by atoms with E-state index in [0.717, 1.165) is 6.92 Å². The van der Waals surface area contributed by atoms with Crippen LogP contribution in [0.5, 0.6) is 0 Å². The summed E-state index contributed by atoms with van der Waals surface area (Å²) in [6.45, 7) is 0.826. The Morgan fingerprint density at radius 3 is 1.48 bits per heavy atom. The maximum atomic E-state index is 12.9. The van der Waals surface area contributed by atoms with Crippen LogP contribution < -0.4 is 0 Å². The van der Waals surface area contributed by atoms with Crippen molar-refractivity contribution in [2.75, 3.05) is 0 Å². The molecule has 0 unspecified atom stereocenters. The Morgan fingerprint density at radius 1 is 0.810 bits per heavy atom. The van der Waals surface area contributed by atoms with E-state index in [1.54, 1.807) is 0 Å². The first kappa shape index (κ1) is 19.8. The lowest BCUT2D eigenvalue weighted by Crippen LogP contribution is -2.68. The molecule has 0 amide bonds. The van der Waals surface area contributed by atoms with Crippen molar-refractivity contribution in [3.8, 4) is 0 Å². The first-order valence-corrected chi connectivity index (χ1v) is 5.13. The quantitative estimate of drug-likeness (QED) is 0.711. The van der Waals surface area contributed by atoms with Crippen molar-refractivity contribution in [2.24, 2.45) is 0 Å². The molecular weight excluding hydrogens is 330 g/mol. The van der Waals surface area contributed by atoms with Gasteiger partial charge in [-0.2, -0.15) is 43.9 Å². The Morgan fingerprint density at radius 2 is 1.19 bits per heavy atom. The predicted octanol–water partition coefficient (Wildman–Crippen LogP) is 4.05. The van der Waals surface area contributed by atoms with Gasteiger partial charge in [-0.15, -0.1) is 0 Å². The molecule has 0 aliphatic carbocycles. The summed E-state index contributed by atoms with van der Waals surface area (Å²) in [6.07, 6.45) is -2.84. The molecule has 21 heavy (non-hydrogen) atoms. The molecule has 0 saturated carbocycles. The second-order valence-corrected chi connectivity index (χ2v) is 4.06. The lowest BCUT2D eigenvalue weighted by molar-refractivity contribution is -0.397. The number of halogens is 10. The third-order valence-corrected chi connectivity index (χ3v) is 2.47. The molecule has 12 heteroatoms. The van der Waals surface area contributed by atoms with Crippen LogP contribution in [-0.4, -0.2) is 40.7 Å². The molecule has 0 aromatic rings. The number of rotatable bonds is 7. The smallest absolute Gasteiger partial charge is 0.410 e. The SMILES string of the molecule is CCCC(F)(F)C(F)(F)C(F)(F)C(F)(F)C(F)(F)C(=O)O. The summed E-state index contributed by atoms with van der Waals surface area (Å²) in [5, 5.41) is 7.72. The van der Waals surface area contributed by atoms with Crippen molar-refractivity contribution in [3.05, 3.63) is 0 Å². The standard InChI is InChI=1S/C9H8F10O2/c1-2-3-5(10,11)7(14,15)9(18,19)8(16,17)6(12,13)4(20)21/h2-3H2,1H3,(H,20,21). The van der Waals surface area contributed by atoms with Crippen molar-refractivity contribution in [1.29, 1.82) is 0 Å². The second kappa shape index (κ2) is 5.20. The molecule has 0 radical (unpaired) electrons. The topological polar surface area (TPSA) is 37.3 Å². The van der Waals surface area contributed by atoms with Gasteiger partial charge in [0.05, 0.1) is 0 Å². The molecule has 1 N–H and O–H groups in total. The van der Waals surface area contributed by atoms with Crippen LogP contribution in [0.1, 0.15) is 19.8 Å². The number of hydrogen-bond acceptors (Lipinski definition) is 1. The molecule has 0 heterocycles. The van der Waals surface area contributed by atoms with Gasteiger partial charge in [-0.05, 0) is 0 Å². The van der Waals surface area contributed by atoms with Crippen molar-refractivity contribution in [2.45, 2.75) is 49.4 Å². The molecule has 0 fully saturated rings. The molecule has 0 spiro atoms. The molecule has 0 rings (SSSR count). The summed E-state index contributed by atoms with van der Waals surface area (Å²) >= 11 is 0. The fourth-order valence-electron chi connectivity index (χ4n) is 1.23. The van der Waals surface area contributed by atoms with Crippen LogP contribution >= 0.6 is 0 Å². The van der Waals surface area contributed by atoms with Gasteiger partial charge in [0, 0.05) is 6.42 Å². The first-order chi connectivity index (χ1) is 9.00. The van der Waals surface area contributed by atoms with E-state index in [0.29, 0.717) is 0 Å². The highest BCUT2D eigenvalue weighted by Crippen LogP contribution is 2.57. The van der Waals surface area contributed by atoms with Crippen LogP contribution in [0.3, 0.4) is 0 Å². The Kier molecular flexibility index (Phi) is 4.89. The van der Waals surface area contributed by atoms with E-state index in [1.807, 2.05) is 0 Å². The first-order valence-electron chi connectivity index (χ1n) is 5.13. The van der Waals surface area contributed by atoms with Gasteiger partial charge >= 0.3 is 35.6 Å². The molecule has 2 nitrogen and oxygen atoms in total. The van der Waals surface area contributed by atoms with E-state index in [9.17, 15) is 48.7 Å². The monoisotopic (exact) mass is 338 g/mol. The van der Waals surface area contributed by atoms with E-state index in [1.165, 1.54) is 0 Å². The lowest BCUT2D eigenvalue weighted by atomic mass is 9.92. The van der Waals surface area contributed by atoms with E-state index >= 15 is 0 Å². The average molecular weight is 338 g/mol. The van der Waals surface area contributed by atoms with Gasteiger partial charge in [-0.25, -0.2) is 4.79 Å². The van der Waals surface area contributed by atoms with E-state index in [2.05, 4.69) is 0 Å². The maximum absolute atomic E-state index is 12.9. The van der Waals surface area contributed by atoms with Crippen molar-refractivity contribution >= 4 is 5.97 Å². The molecule has 0 atom stereocenters. The third kappa shape index (κ3) is 2.63. The molecule has 0 aliphatic heterocycles. The van der Waals surface area contributed by atoms with Crippen LogP contribution in [0.25, 0.3) is 0 Å². The zero-order valence-electron chi connectivity index (χ0n) is 10.0. The van der Waals surface area contributed by atoms with Gasteiger partial charge in [0.1, 0.15) is 0 Å². The summed E-state index contributed by atoms with van der Waals surface area (Å²) in [4.78, 5) is 9.82. The van der Waals surface area contributed by atoms with E-state index in [-0.39, 0.29) is 0 Å². The summed E-state index contributed by atoms with van der Waals surface area (Å²) < 4.78 is 128. The van der Waals surface area contributed by atoms with Crippen LogP contribution in [0.2, 0.25) is 0 Å². The van der Waals surface area contributed by atoms with Gasteiger partial charge < -0.3 is 5.11 Å². The van der Waals surface area contributed by atoms with Gasteiger partial charge in [0.2, 0.25) is 0 Å². The third-order valence-electron chi connectivity index (χ3n) is 2.47. The summed E-state index contributed by atoms with van der Waals surface area (Å²) in [5.74, 6) is -37.7. The fourth-order valence-corrected chi connectivity index (χ4v) is 1.23. The highest BCUT2D eigenvalue weighted by atomic mass is 19.4. The van der Waals surface area contributed by atoms with Crippen molar-refractivity contribution in [1.82, 2.24) is 0 Å².